The Morgan fingerprint density at radius 1 is 0.167 bits per heavy atom. The highest BCUT2D eigenvalue weighted by Crippen LogP contribution is 2.49. The zero-order chi connectivity index (χ0) is 78.4. The van der Waals surface area contributed by atoms with Gasteiger partial charge in [-0.25, -0.2) is 4.98 Å². The lowest BCUT2D eigenvalue weighted by Crippen LogP contribution is -2.11. The highest BCUT2D eigenvalue weighted by Gasteiger charge is 2.30. The van der Waals surface area contributed by atoms with E-state index in [0.29, 0.717) is 35.3 Å². The SMILES string of the molecule is c1ccc(-c2nc(-c3ccccc3)nc(-n3c4ccccc4c4ccc5c6ccccc6n(-c6cc7ccccc7c7c(-c8ccc9ccc(-c%10nc(-n%11c%12ccccc%12c%12ccc%13c%14ccccc%14n(-c%14ccccc%14)c%13c%12%11)nc(-n%11c%12ccccc%12c%12ccc%13c%14ccccc%14n(-c%14ccccc%14)c%13c%12%11)n%10)cc9c8)cccc67)c5c43)n2)cc1. The van der Waals surface area contributed by atoms with Crippen molar-refractivity contribution >= 4 is 163 Å². The summed E-state index contributed by atoms with van der Waals surface area (Å²) in [6.07, 6.45) is 0. The standard InChI is InChI=1S/C108H64N12/c1-5-28-66(29-6-1)103-109-104(67-30-7-2-8-31-67)111-106(110-103)118-92-49-24-18-43-81(92)87-61-58-84-78-40-17-23-48-91(78)117(99(84)102(87)118)95-64-68-32-13-14-37-74(68)96-75(44-27-45-88(95)96)69-54-52-65-53-55-70(63-71(65)62-69)105-112-107(119-93-50-25-19-41-79(93)85-59-56-82-76-38-15-21-46-89(76)115(97(82)100(85)119)72-33-9-3-10-34-72)114-108(113-105)120-94-51-26-20-42-80(94)86-60-57-83-77-39-16-22-47-90(77)116(98(83)101(86)120)73-35-11-4-12-36-73/h1-64H. The van der Waals surface area contributed by atoms with Crippen LogP contribution in [0, 0.1) is 0 Å². The third-order valence-electron chi connectivity index (χ3n) is 24.8. The molecule has 12 nitrogen and oxygen atoms in total. The minimum absolute atomic E-state index is 0.484. The Hall–Kier alpha value is -16.4. The van der Waals surface area contributed by atoms with E-state index in [4.69, 9.17) is 29.9 Å². The molecular formula is C108H64N12. The van der Waals surface area contributed by atoms with Gasteiger partial charge in [-0.1, -0.05) is 309 Å². The lowest BCUT2D eigenvalue weighted by atomic mass is 9.91. The van der Waals surface area contributed by atoms with Gasteiger partial charge in [0.15, 0.2) is 17.5 Å². The van der Waals surface area contributed by atoms with Gasteiger partial charge in [0.2, 0.25) is 17.8 Å². The van der Waals surface area contributed by atoms with Crippen molar-refractivity contribution in [2.75, 3.05) is 0 Å². The number of benzene rings is 18. The zero-order valence-corrected chi connectivity index (χ0v) is 64.3. The van der Waals surface area contributed by atoms with Gasteiger partial charge in [0.05, 0.1) is 71.9 Å². The fourth-order valence-electron chi connectivity index (χ4n) is 19.8. The van der Waals surface area contributed by atoms with E-state index in [9.17, 15) is 0 Å². The van der Waals surface area contributed by atoms with Gasteiger partial charge in [-0.2, -0.15) is 24.9 Å². The number of rotatable bonds is 10. The van der Waals surface area contributed by atoms with E-state index in [-0.39, 0.29) is 0 Å². The van der Waals surface area contributed by atoms with Crippen molar-refractivity contribution in [2.24, 2.45) is 0 Å². The number of aromatic nitrogens is 12. The molecule has 0 saturated heterocycles. The minimum Gasteiger partial charge on any atom is -0.307 e. The molecule has 0 amide bonds. The Morgan fingerprint density at radius 3 is 0.917 bits per heavy atom. The van der Waals surface area contributed by atoms with Crippen LogP contribution in [0.4, 0.5) is 0 Å². The van der Waals surface area contributed by atoms with Crippen molar-refractivity contribution in [3.8, 4) is 80.2 Å². The number of hydrogen-bond acceptors (Lipinski definition) is 6. The fourth-order valence-corrected chi connectivity index (χ4v) is 19.8. The van der Waals surface area contributed by atoms with E-state index in [1.165, 1.54) is 0 Å². The maximum atomic E-state index is 5.94. The monoisotopic (exact) mass is 1530 g/mol. The van der Waals surface area contributed by atoms with Gasteiger partial charge in [-0.05, 0) is 117 Å². The zero-order valence-electron chi connectivity index (χ0n) is 64.3. The molecular weight excluding hydrogens is 1470 g/mol. The van der Waals surface area contributed by atoms with E-state index >= 15 is 0 Å². The summed E-state index contributed by atoms with van der Waals surface area (Å²) in [5.41, 5.74) is 20.3. The molecule has 556 valence electrons. The van der Waals surface area contributed by atoms with Crippen molar-refractivity contribution in [2.45, 2.75) is 0 Å². The molecule has 0 fully saturated rings. The van der Waals surface area contributed by atoms with E-state index in [2.05, 4.69) is 379 Å². The molecule has 0 saturated carbocycles. The molecule has 0 radical (unpaired) electrons. The van der Waals surface area contributed by atoms with Crippen LogP contribution in [0.5, 0.6) is 0 Å². The van der Waals surface area contributed by atoms with E-state index in [1.807, 2.05) is 36.4 Å². The fraction of sp³-hybridized carbons (Fsp3) is 0. The van der Waals surface area contributed by atoms with Gasteiger partial charge in [0, 0.05) is 98.1 Å². The number of fused-ring (bicyclic) bond motifs is 25. The van der Waals surface area contributed by atoms with Crippen LogP contribution in [0.15, 0.2) is 388 Å². The molecule has 26 rings (SSSR count). The van der Waals surface area contributed by atoms with Gasteiger partial charge in [-0.15, -0.1) is 0 Å². The average Bonchev–Trinajstić information content (AvgIpc) is 1.54. The van der Waals surface area contributed by atoms with Crippen LogP contribution in [0.25, 0.3) is 243 Å². The second-order valence-corrected chi connectivity index (χ2v) is 31.3. The smallest absolute Gasteiger partial charge is 0.240 e. The van der Waals surface area contributed by atoms with Gasteiger partial charge in [0.25, 0.3) is 0 Å². The molecule has 0 unspecified atom stereocenters. The van der Waals surface area contributed by atoms with Crippen molar-refractivity contribution < 1.29 is 0 Å². The van der Waals surface area contributed by atoms with Crippen LogP contribution < -0.4 is 0 Å². The van der Waals surface area contributed by atoms with Crippen LogP contribution in [-0.2, 0) is 0 Å². The number of nitrogens with zero attached hydrogens (tertiary/aromatic N) is 12. The summed E-state index contributed by atoms with van der Waals surface area (Å²) in [6, 6.07) is 140. The molecule has 0 atom stereocenters. The van der Waals surface area contributed by atoms with Crippen molar-refractivity contribution in [3.63, 3.8) is 0 Å². The number of para-hydroxylation sites is 8. The molecule has 8 heterocycles. The number of hydrogen-bond donors (Lipinski definition) is 0. The summed E-state index contributed by atoms with van der Waals surface area (Å²) in [5, 5.41) is 19.9. The van der Waals surface area contributed by atoms with E-state index < -0.39 is 0 Å². The molecule has 0 aliphatic rings. The molecule has 0 aliphatic heterocycles. The van der Waals surface area contributed by atoms with Gasteiger partial charge < -0.3 is 13.7 Å². The molecule has 26 aromatic rings. The lowest BCUT2D eigenvalue weighted by molar-refractivity contribution is 0.893. The van der Waals surface area contributed by atoms with E-state index in [0.717, 1.165) is 208 Å². The first-order chi connectivity index (χ1) is 59.6. The third kappa shape index (κ3) is 9.57. The summed E-state index contributed by atoms with van der Waals surface area (Å²) in [6.45, 7) is 0. The lowest BCUT2D eigenvalue weighted by Gasteiger charge is -2.18. The van der Waals surface area contributed by atoms with Gasteiger partial charge in [-0.3, -0.25) is 13.7 Å². The second kappa shape index (κ2) is 25.5. The van der Waals surface area contributed by atoms with Crippen molar-refractivity contribution in [1.29, 1.82) is 0 Å². The average molecular weight is 1530 g/mol. The summed E-state index contributed by atoms with van der Waals surface area (Å²) in [7, 11) is 0. The normalized spacial score (nSPS) is 12.2. The van der Waals surface area contributed by atoms with Crippen LogP contribution in [0.2, 0.25) is 0 Å². The first-order valence-electron chi connectivity index (χ1n) is 40.7. The van der Waals surface area contributed by atoms with Crippen LogP contribution >= 0.6 is 0 Å². The molecule has 0 N–H and O–H groups in total. The molecule has 0 bridgehead atoms. The maximum Gasteiger partial charge on any atom is 0.240 e. The van der Waals surface area contributed by atoms with E-state index in [1.54, 1.807) is 0 Å². The molecule has 18 aromatic carbocycles. The second-order valence-electron chi connectivity index (χ2n) is 31.3. The van der Waals surface area contributed by atoms with Crippen molar-refractivity contribution in [1.82, 2.24) is 57.3 Å². The molecule has 120 heavy (non-hydrogen) atoms. The summed E-state index contributed by atoms with van der Waals surface area (Å²) in [4.78, 5) is 33.8. The van der Waals surface area contributed by atoms with Gasteiger partial charge in [0.1, 0.15) is 0 Å². The van der Waals surface area contributed by atoms with Crippen LogP contribution in [0.1, 0.15) is 0 Å². The summed E-state index contributed by atoms with van der Waals surface area (Å²) in [5.74, 6) is 3.20. The Morgan fingerprint density at radius 2 is 0.483 bits per heavy atom. The topological polar surface area (TPSA) is 107 Å². The predicted octanol–water partition coefficient (Wildman–Crippen LogP) is 26.8. The molecule has 0 aliphatic carbocycles. The third-order valence-corrected chi connectivity index (χ3v) is 24.8. The highest BCUT2D eigenvalue weighted by molar-refractivity contribution is 6.28. The first kappa shape index (κ1) is 65.9. The molecule has 8 aromatic heterocycles. The Labute approximate surface area is 684 Å². The molecule has 12 heteroatoms. The Kier molecular flexibility index (Phi) is 14.0. The minimum atomic E-state index is 0.484. The summed E-state index contributed by atoms with van der Waals surface area (Å²) < 4.78 is 14.2. The van der Waals surface area contributed by atoms with Crippen LogP contribution in [-0.4, -0.2) is 57.3 Å². The largest absolute Gasteiger partial charge is 0.307 e. The Balaban J connectivity index is 0.719. The Bertz CT molecular complexity index is 8550. The first-order valence-corrected chi connectivity index (χ1v) is 40.7. The van der Waals surface area contributed by atoms with Gasteiger partial charge >= 0.3 is 0 Å². The van der Waals surface area contributed by atoms with Crippen LogP contribution in [0.3, 0.4) is 0 Å². The molecule has 0 spiro atoms. The predicted molar refractivity (Wildman–Crippen MR) is 494 cm³/mol. The quantitative estimate of drug-likeness (QED) is 0.126. The summed E-state index contributed by atoms with van der Waals surface area (Å²) >= 11 is 0. The maximum absolute atomic E-state index is 5.94. The van der Waals surface area contributed by atoms with Crippen molar-refractivity contribution in [3.05, 3.63) is 388 Å². The highest BCUT2D eigenvalue weighted by atomic mass is 15.3.